The molecule has 3 aliphatic heterocycles. The molecule has 3 aliphatic rings. The van der Waals surface area contributed by atoms with Crippen molar-refractivity contribution in [2.75, 3.05) is 39.6 Å². The van der Waals surface area contributed by atoms with E-state index in [1.165, 1.54) is 0 Å². The summed E-state index contributed by atoms with van der Waals surface area (Å²) in [5.41, 5.74) is 3.23. The molecule has 0 aromatic heterocycles. The molecule has 4 nitrogen and oxygen atoms in total. The van der Waals surface area contributed by atoms with Gasteiger partial charge in [0, 0.05) is 38.6 Å². The van der Waals surface area contributed by atoms with Crippen molar-refractivity contribution in [1.29, 1.82) is 0 Å². The molecular weight excluding hydrogens is 254 g/mol. The van der Waals surface area contributed by atoms with Gasteiger partial charge in [-0.2, -0.15) is 0 Å². The monoisotopic (exact) mass is 281 g/mol. The molecule has 0 aliphatic carbocycles. The van der Waals surface area contributed by atoms with Gasteiger partial charge in [0.1, 0.15) is 0 Å². The van der Waals surface area contributed by atoms with E-state index in [2.05, 4.69) is 12.2 Å². The van der Waals surface area contributed by atoms with Crippen molar-refractivity contribution < 1.29 is 14.2 Å². The standard InChI is InChI=1S/C16H27NO3/c1-13(10-15-12-19-9-5-17-15)14-2-6-20-16(11-14)3-7-18-8-4-16/h15,17H,2-12H2,1H3. The predicted octanol–water partition coefficient (Wildman–Crippen LogP) is 2.04. The van der Waals surface area contributed by atoms with Crippen molar-refractivity contribution in [3.63, 3.8) is 0 Å². The van der Waals surface area contributed by atoms with Crippen LogP contribution in [0, 0.1) is 0 Å². The summed E-state index contributed by atoms with van der Waals surface area (Å²) in [5, 5.41) is 3.55. The molecule has 0 amide bonds. The quantitative estimate of drug-likeness (QED) is 0.786. The minimum Gasteiger partial charge on any atom is -0.381 e. The number of hydrogen-bond acceptors (Lipinski definition) is 4. The Morgan fingerprint density at radius 3 is 2.80 bits per heavy atom. The van der Waals surface area contributed by atoms with Gasteiger partial charge in [-0.25, -0.2) is 0 Å². The first-order valence-corrected chi connectivity index (χ1v) is 7.98. The summed E-state index contributed by atoms with van der Waals surface area (Å²) in [5.74, 6) is 0. The Bertz CT molecular complexity index is 349. The van der Waals surface area contributed by atoms with Crippen LogP contribution in [0.5, 0.6) is 0 Å². The van der Waals surface area contributed by atoms with Crippen LogP contribution in [-0.2, 0) is 14.2 Å². The summed E-state index contributed by atoms with van der Waals surface area (Å²) < 4.78 is 17.2. The summed E-state index contributed by atoms with van der Waals surface area (Å²) in [6.07, 6.45) is 5.42. The number of rotatable bonds is 2. The van der Waals surface area contributed by atoms with Crippen molar-refractivity contribution in [3.8, 4) is 0 Å². The van der Waals surface area contributed by atoms with Crippen molar-refractivity contribution >= 4 is 0 Å². The van der Waals surface area contributed by atoms with E-state index in [1.807, 2.05) is 0 Å². The van der Waals surface area contributed by atoms with Gasteiger partial charge in [0.15, 0.2) is 0 Å². The zero-order valence-corrected chi connectivity index (χ0v) is 12.6. The van der Waals surface area contributed by atoms with E-state index in [4.69, 9.17) is 14.2 Å². The molecule has 1 N–H and O–H groups in total. The largest absolute Gasteiger partial charge is 0.381 e. The lowest BCUT2D eigenvalue weighted by molar-refractivity contribution is -0.121. The van der Waals surface area contributed by atoms with Crippen LogP contribution < -0.4 is 5.32 Å². The van der Waals surface area contributed by atoms with E-state index in [0.29, 0.717) is 6.04 Å². The molecule has 4 heteroatoms. The molecule has 1 atom stereocenters. The number of hydrogen-bond donors (Lipinski definition) is 1. The van der Waals surface area contributed by atoms with Crippen molar-refractivity contribution in [2.24, 2.45) is 0 Å². The topological polar surface area (TPSA) is 39.7 Å². The Labute approximate surface area is 121 Å². The first-order valence-electron chi connectivity index (χ1n) is 7.98. The Hall–Kier alpha value is -0.420. The lowest BCUT2D eigenvalue weighted by atomic mass is 9.81. The Kier molecular flexibility index (Phi) is 4.76. The molecule has 3 rings (SSSR count). The Morgan fingerprint density at radius 2 is 2.05 bits per heavy atom. The molecule has 20 heavy (non-hydrogen) atoms. The van der Waals surface area contributed by atoms with Gasteiger partial charge >= 0.3 is 0 Å². The molecule has 3 heterocycles. The molecule has 0 aromatic carbocycles. The van der Waals surface area contributed by atoms with Gasteiger partial charge in [-0.15, -0.1) is 0 Å². The third-order valence-corrected chi connectivity index (χ3v) is 4.91. The smallest absolute Gasteiger partial charge is 0.0763 e. The maximum Gasteiger partial charge on any atom is 0.0763 e. The minimum absolute atomic E-state index is 0.0730. The van der Waals surface area contributed by atoms with Gasteiger partial charge in [0.25, 0.3) is 0 Å². The first-order chi connectivity index (χ1) is 9.77. The number of nitrogens with one attached hydrogen (secondary N) is 1. The van der Waals surface area contributed by atoms with Crippen LogP contribution in [0.1, 0.15) is 39.0 Å². The first kappa shape index (κ1) is 14.5. The molecule has 0 bridgehead atoms. The molecule has 1 spiro atoms. The summed E-state index contributed by atoms with van der Waals surface area (Å²) in [6.45, 7) is 7.56. The van der Waals surface area contributed by atoms with Gasteiger partial charge in [0.2, 0.25) is 0 Å². The second-order valence-electron chi connectivity index (χ2n) is 6.38. The van der Waals surface area contributed by atoms with Crippen molar-refractivity contribution in [3.05, 3.63) is 11.1 Å². The van der Waals surface area contributed by atoms with Gasteiger partial charge in [-0.3, -0.25) is 0 Å². The molecule has 0 saturated carbocycles. The molecular formula is C16H27NO3. The third kappa shape index (κ3) is 3.42. The van der Waals surface area contributed by atoms with Crippen molar-refractivity contribution in [1.82, 2.24) is 5.32 Å². The van der Waals surface area contributed by atoms with Gasteiger partial charge in [-0.05, 0) is 26.2 Å². The predicted molar refractivity (Wildman–Crippen MR) is 77.9 cm³/mol. The van der Waals surface area contributed by atoms with Crippen LogP contribution in [0.2, 0.25) is 0 Å². The van der Waals surface area contributed by atoms with Crippen molar-refractivity contribution in [2.45, 2.75) is 50.7 Å². The van der Waals surface area contributed by atoms with Crippen LogP contribution in [0.3, 0.4) is 0 Å². The van der Waals surface area contributed by atoms with Crippen LogP contribution in [0.25, 0.3) is 0 Å². The molecule has 0 aromatic rings. The Balaban J connectivity index is 1.63. The van der Waals surface area contributed by atoms with E-state index < -0.39 is 0 Å². The van der Waals surface area contributed by atoms with E-state index in [9.17, 15) is 0 Å². The fraction of sp³-hybridized carbons (Fsp3) is 0.875. The van der Waals surface area contributed by atoms with E-state index >= 15 is 0 Å². The second kappa shape index (κ2) is 6.56. The summed E-state index contributed by atoms with van der Waals surface area (Å²) in [4.78, 5) is 0. The molecule has 3 saturated heterocycles. The molecule has 0 radical (unpaired) electrons. The highest BCUT2D eigenvalue weighted by atomic mass is 16.5. The SMILES string of the molecule is CC(CC1COCCN1)=C1CCOC2(CCOCC2)C1. The van der Waals surface area contributed by atoms with Crippen LogP contribution in [0.4, 0.5) is 0 Å². The van der Waals surface area contributed by atoms with Crippen LogP contribution in [-0.4, -0.2) is 51.2 Å². The van der Waals surface area contributed by atoms with Crippen LogP contribution >= 0.6 is 0 Å². The van der Waals surface area contributed by atoms with E-state index in [0.717, 1.165) is 71.7 Å². The van der Waals surface area contributed by atoms with Gasteiger partial charge < -0.3 is 19.5 Å². The third-order valence-electron chi connectivity index (χ3n) is 4.91. The number of morpholine rings is 1. The lowest BCUT2D eigenvalue weighted by Crippen LogP contribution is -2.43. The average Bonchev–Trinajstić information content (AvgIpc) is 2.49. The average molecular weight is 281 g/mol. The maximum atomic E-state index is 6.12. The minimum atomic E-state index is 0.0730. The summed E-state index contributed by atoms with van der Waals surface area (Å²) in [7, 11) is 0. The number of ether oxygens (including phenoxy) is 3. The van der Waals surface area contributed by atoms with E-state index in [1.54, 1.807) is 11.1 Å². The van der Waals surface area contributed by atoms with Gasteiger partial charge in [-0.1, -0.05) is 11.1 Å². The summed E-state index contributed by atoms with van der Waals surface area (Å²) >= 11 is 0. The molecule has 3 fully saturated rings. The second-order valence-corrected chi connectivity index (χ2v) is 6.38. The summed E-state index contributed by atoms with van der Waals surface area (Å²) in [6, 6.07) is 0.490. The highest BCUT2D eigenvalue weighted by Gasteiger charge is 2.37. The highest BCUT2D eigenvalue weighted by molar-refractivity contribution is 5.18. The van der Waals surface area contributed by atoms with Gasteiger partial charge in [0.05, 0.1) is 25.4 Å². The van der Waals surface area contributed by atoms with E-state index in [-0.39, 0.29) is 5.60 Å². The maximum absolute atomic E-state index is 6.12. The fourth-order valence-corrected chi connectivity index (χ4v) is 3.61. The normalized spacial score (nSPS) is 33.1. The Morgan fingerprint density at radius 1 is 1.20 bits per heavy atom. The zero-order valence-electron chi connectivity index (χ0n) is 12.6. The fourth-order valence-electron chi connectivity index (χ4n) is 3.61. The zero-order chi connectivity index (χ0) is 13.8. The molecule has 1 unspecified atom stereocenters. The highest BCUT2D eigenvalue weighted by Crippen LogP contribution is 2.38. The lowest BCUT2D eigenvalue weighted by Gasteiger charge is -2.42. The van der Waals surface area contributed by atoms with Crippen LogP contribution in [0.15, 0.2) is 11.1 Å². The molecule has 114 valence electrons.